The average molecular weight is 239 g/mol. The van der Waals surface area contributed by atoms with Crippen LogP contribution in [0.15, 0.2) is 12.2 Å². The molecular formula is C14H25NO2. The molecule has 0 bridgehead atoms. The predicted molar refractivity (Wildman–Crippen MR) is 69.6 cm³/mol. The number of nitrogens with zero attached hydrogens (tertiary/aromatic N) is 1. The van der Waals surface area contributed by atoms with Crippen LogP contribution in [0.5, 0.6) is 0 Å². The number of aliphatic hydroxyl groups is 1. The van der Waals surface area contributed by atoms with Crippen LogP contribution >= 0.6 is 0 Å². The number of carbonyl (C=O) groups is 1. The number of amides is 1. The molecule has 98 valence electrons. The topological polar surface area (TPSA) is 40.5 Å². The maximum Gasteiger partial charge on any atom is 0.228 e. The molecule has 3 heteroatoms. The molecule has 0 aromatic carbocycles. The lowest BCUT2D eigenvalue weighted by molar-refractivity contribution is -0.140. The second-order valence-corrected chi connectivity index (χ2v) is 5.88. The molecule has 1 aliphatic rings. The van der Waals surface area contributed by atoms with Crippen LogP contribution in [0.4, 0.5) is 0 Å². The van der Waals surface area contributed by atoms with E-state index in [-0.39, 0.29) is 17.9 Å². The van der Waals surface area contributed by atoms with Crippen LogP contribution in [0, 0.1) is 11.3 Å². The molecule has 1 N–H and O–H groups in total. The highest BCUT2D eigenvalue weighted by atomic mass is 16.3. The Hall–Kier alpha value is -0.830. The van der Waals surface area contributed by atoms with Crippen LogP contribution in [0.1, 0.15) is 40.0 Å². The summed E-state index contributed by atoms with van der Waals surface area (Å²) in [5.41, 5.74) is -0.361. The van der Waals surface area contributed by atoms with E-state index in [1.54, 1.807) is 0 Å². The maximum absolute atomic E-state index is 12.2. The third kappa shape index (κ3) is 4.50. The number of carbonyl (C=O) groups excluding carboxylic acids is 1. The lowest BCUT2D eigenvalue weighted by atomic mass is 9.91. The standard InChI is InChI=1S/C14H25NO2/c1-14(2,3)13(17)15(9-10-16)11-12-7-5-4-6-8-12/h4-5,12,16H,6-11H2,1-3H3. The lowest BCUT2D eigenvalue weighted by Gasteiger charge is -2.32. The van der Waals surface area contributed by atoms with E-state index in [1.165, 1.54) is 0 Å². The molecular weight excluding hydrogens is 214 g/mol. The van der Waals surface area contributed by atoms with Crippen LogP contribution in [0.25, 0.3) is 0 Å². The summed E-state index contributed by atoms with van der Waals surface area (Å²) in [6.07, 6.45) is 7.72. The molecule has 0 aliphatic heterocycles. The van der Waals surface area contributed by atoms with E-state index in [0.29, 0.717) is 12.5 Å². The van der Waals surface area contributed by atoms with Gasteiger partial charge >= 0.3 is 0 Å². The Bertz CT molecular complexity index is 278. The minimum absolute atomic E-state index is 0.0460. The van der Waals surface area contributed by atoms with Crippen LogP contribution in [-0.2, 0) is 4.79 Å². The lowest BCUT2D eigenvalue weighted by Crippen LogP contribution is -2.43. The van der Waals surface area contributed by atoms with E-state index in [0.717, 1.165) is 25.8 Å². The molecule has 0 fully saturated rings. The van der Waals surface area contributed by atoms with Crippen LogP contribution in [-0.4, -0.2) is 35.6 Å². The van der Waals surface area contributed by atoms with Crippen LogP contribution in [0.3, 0.4) is 0 Å². The van der Waals surface area contributed by atoms with Gasteiger partial charge < -0.3 is 10.0 Å². The Morgan fingerprint density at radius 1 is 1.41 bits per heavy atom. The van der Waals surface area contributed by atoms with Crippen LogP contribution < -0.4 is 0 Å². The van der Waals surface area contributed by atoms with Crippen molar-refractivity contribution >= 4 is 5.91 Å². The Balaban J connectivity index is 2.59. The molecule has 17 heavy (non-hydrogen) atoms. The van der Waals surface area contributed by atoms with E-state index in [9.17, 15) is 4.79 Å². The highest BCUT2D eigenvalue weighted by Gasteiger charge is 2.28. The number of hydrogen-bond donors (Lipinski definition) is 1. The second-order valence-electron chi connectivity index (χ2n) is 5.88. The van der Waals surface area contributed by atoms with Gasteiger partial charge in [-0.05, 0) is 25.2 Å². The van der Waals surface area contributed by atoms with Crippen molar-refractivity contribution in [2.45, 2.75) is 40.0 Å². The summed E-state index contributed by atoms with van der Waals surface area (Å²) < 4.78 is 0. The van der Waals surface area contributed by atoms with Crippen molar-refractivity contribution < 1.29 is 9.90 Å². The second kappa shape index (κ2) is 6.20. The number of aliphatic hydroxyl groups excluding tert-OH is 1. The Kier molecular flexibility index (Phi) is 5.19. The van der Waals surface area contributed by atoms with E-state index in [1.807, 2.05) is 25.7 Å². The molecule has 3 nitrogen and oxygen atoms in total. The quantitative estimate of drug-likeness (QED) is 0.764. The van der Waals surface area contributed by atoms with Gasteiger partial charge in [-0.25, -0.2) is 0 Å². The summed E-state index contributed by atoms with van der Waals surface area (Å²) in [5.74, 6) is 0.693. The number of rotatable bonds is 4. The fourth-order valence-corrected chi connectivity index (χ4v) is 2.20. The average Bonchev–Trinajstić information content (AvgIpc) is 2.28. The molecule has 0 saturated heterocycles. The van der Waals surface area contributed by atoms with Crippen LogP contribution in [0.2, 0.25) is 0 Å². The van der Waals surface area contributed by atoms with Crippen molar-refractivity contribution in [1.82, 2.24) is 4.90 Å². The van der Waals surface area contributed by atoms with Gasteiger partial charge in [0.05, 0.1) is 6.61 Å². The van der Waals surface area contributed by atoms with Crippen molar-refractivity contribution in [2.24, 2.45) is 11.3 Å². The van der Waals surface area contributed by atoms with Crippen molar-refractivity contribution in [3.05, 3.63) is 12.2 Å². The van der Waals surface area contributed by atoms with E-state index in [2.05, 4.69) is 12.2 Å². The van der Waals surface area contributed by atoms with Gasteiger partial charge in [0.1, 0.15) is 0 Å². The largest absolute Gasteiger partial charge is 0.395 e. The van der Waals surface area contributed by atoms with Gasteiger partial charge in [0.15, 0.2) is 0 Å². The van der Waals surface area contributed by atoms with Crippen molar-refractivity contribution in [1.29, 1.82) is 0 Å². The Morgan fingerprint density at radius 3 is 2.59 bits per heavy atom. The molecule has 0 spiro atoms. The first-order valence-electron chi connectivity index (χ1n) is 6.50. The Morgan fingerprint density at radius 2 is 2.12 bits per heavy atom. The van der Waals surface area contributed by atoms with Gasteiger partial charge in [0.2, 0.25) is 5.91 Å². The van der Waals surface area contributed by atoms with Crippen molar-refractivity contribution in [3.8, 4) is 0 Å². The highest BCUT2D eigenvalue weighted by molar-refractivity contribution is 5.81. The maximum atomic E-state index is 12.2. The fourth-order valence-electron chi connectivity index (χ4n) is 2.20. The molecule has 0 heterocycles. The van der Waals surface area contributed by atoms with E-state index >= 15 is 0 Å². The first-order valence-corrected chi connectivity index (χ1v) is 6.50. The number of allylic oxidation sites excluding steroid dienone is 2. The zero-order chi connectivity index (χ0) is 12.9. The smallest absolute Gasteiger partial charge is 0.228 e. The molecule has 0 radical (unpaired) electrons. The molecule has 1 aliphatic carbocycles. The van der Waals surface area contributed by atoms with Crippen molar-refractivity contribution in [3.63, 3.8) is 0 Å². The van der Waals surface area contributed by atoms with Gasteiger partial charge in [-0.1, -0.05) is 32.9 Å². The summed E-state index contributed by atoms with van der Waals surface area (Å²) in [6.45, 7) is 7.07. The molecule has 0 saturated carbocycles. The van der Waals surface area contributed by atoms with Gasteiger partial charge in [-0.2, -0.15) is 0 Å². The molecule has 1 amide bonds. The predicted octanol–water partition coefficient (Wildman–Crippen LogP) is 2.21. The number of hydrogen-bond acceptors (Lipinski definition) is 2. The summed E-state index contributed by atoms with van der Waals surface area (Å²) in [4.78, 5) is 14.0. The molecule has 0 aromatic rings. The van der Waals surface area contributed by atoms with Gasteiger partial charge in [0.25, 0.3) is 0 Å². The van der Waals surface area contributed by atoms with E-state index in [4.69, 9.17) is 5.11 Å². The SMILES string of the molecule is CC(C)(C)C(=O)N(CCO)CC1CC=CCC1. The highest BCUT2D eigenvalue weighted by Crippen LogP contribution is 2.23. The first kappa shape index (κ1) is 14.2. The zero-order valence-corrected chi connectivity index (χ0v) is 11.3. The minimum atomic E-state index is -0.361. The molecule has 1 rings (SSSR count). The monoisotopic (exact) mass is 239 g/mol. The van der Waals surface area contributed by atoms with Gasteiger partial charge in [-0.3, -0.25) is 4.79 Å². The minimum Gasteiger partial charge on any atom is -0.395 e. The van der Waals surface area contributed by atoms with Gasteiger partial charge in [-0.15, -0.1) is 0 Å². The summed E-state index contributed by atoms with van der Waals surface area (Å²) in [6, 6.07) is 0. The zero-order valence-electron chi connectivity index (χ0n) is 11.3. The Labute approximate surface area is 105 Å². The van der Waals surface area contributed by atoms with Crippen molar-refractivity contribution in [2.75, 3.05) is 19.7 Å². The molecule has 1 atom stereocenters. The summed E-state index contributed by atoms with van der Waals surface area (Å²) >= 11 is 0. The summed E-state index contributed by atoms with van der Waals surface area (Å²) in [5, 5.41) is 9.07. The first-order chi connectivity index (χ1) is 7.95. The summed E-state index contributed by atoms with van der Waals surface area (Å²) in [7, 11) is 0. The third-order valence-electron chi connectivity index (χ3n) is 3.15. The molecule has 1 unspecified atom stereocenters. The third-order valence-corrected chi connectivity index (χ3v) is 3.15. The normalized spacial score (nSPS) is 20.4. The van der Waals surface area contributed by atoms with E-state index < -0.39 is 0 Å². The molecule has 0 aromatic heterocycles. The fraction of sp³-hybridized carbons (Fsp3) is 0.786. The van der Waals surface area contributed by atoms with Gasteiger partial charge in [0, 0.05) is 18.5 Å².